The van der Waals surface area contributed by atoms with E-state index in [1.807, 2.05) is 6.07 Å². The minimum Gasteiger partial charge on any atom is -0.462 e. The molecule has 1 unspecified atom stereocenters. The van der Waals surface area contributed by atoms with Gasteiger partial charge in [-0.1, -0.05) is 118 Å². The highest BCUT2D eigenvalue weighted by atomic mass is 32.2. The average Bonchev–Trinajstić information content (AvgIpc) is 1.62. The fourth-order valence-corrected chi connectivity index (χ4v) is 15.1. The molecule has 5 aliphatic rings. The lowest BCUT2D eigenvalue weighted by atomic mass is 9.86. The van der Waals surface area contributed by atoms with Gasteiger partial charge in [0, 0.05) is 94.6 Å². The van der Waals surface area contributed by atoms with Gasteiger partial charge in [0.25, 0.3) is 36.0 Å². The van der Waals surface area contributed by atoms with E-state index in [-0.39, 0.29) is 83.7 Å². The summed E-state index contributed by atoms with van der Waals surface area (Å²) in [7, 11) is -14.4. The van der Waals surface area contributed by atoms with Crippen molar-refractivity contribution in [2.75, 3.05) is 79.2 Å². The molecule has 49 heteroatoms. The van der Waals surface area contributed by atoms with E-state index in [9.17, 15) is 97.0 Å². The van der Waals surface area contributed by atoms with Crippen LogP contribution in [-0.2, 0) is 155 Å². The highest BCUT2D eigenvalue weighted by molar-refractivity contribution is 7.86. The van der Waals surface area contributed by atoms with E-state index in [4.69, 9.17) is 101 Å². The number of rotatable bonds is 39. The van der Waals surface area contributed by atoms with E-state index in [0.29, 0.717) is 32.0 Å². The molecule has 7 N–H and O–H groups in total. The fourth-order valence-electron chi connectivity index (χ4n) is 13.0. The normalized spacial score (nSPS) is 23.5. The Hall–Kier alpha value is -11.4. The number of non-ortho nitro benzene ring substituents is 1. The quantitative estimate of drug-likeness (QED) is 0.00421. The van der Waals surface area contributed by atoms with Crippen molar-refractivity contribution in [3.63, 3.8) is 0 Å². The number of carbonyl (C=O) groups is 10. The van der Waals surface area contributed by atoms with Gasteiger partial charge >= 0.3 is 60.7 Å². The third kappa shape index (κ3) is 35.4. The summed E-state index contributed by atoms with van der Waals surface area (Å²) in [5.41, 5.74) is -3.61. The SMILES string of the molecule is C#CCOCCOCCOCCOCCNC(=O)O[C@@H]([C@@H]1O[C@@H](S(=O)(=O)O)C[C@H](NC(=O)OCc2ccccc2)[C@H]1C)[C@H]1COC(=O)O1.CC(=O)OC[C@@H](OC(C)=O)[C@@H](OC(C)=O)[C@@H]1OC(S(=O)(=O)O)C[C@H](NC(=O)OCc2ccccc2)[C@H]1C.C[C@H]1[C@H]([C@H](OC(=O)Oc2ccc([N+](=O)[O-])cc2)[C@H]2COC(=O)O2)O[C@@H](S(=O)(=O)O)C[C@@H]1NC(=O)OCc1ccccc1. The third-order valence-corrected chi connectivity index (χ3v) is 22.1. The van der Waals surface area contributed by atoms with Crippen LogP contribution in [0.4, 0.5) is 39.2 Å². The molecule has 4 aromatic carbocycles. The largest absolute Gasteiger partial charge is 0.514 e. The second-order valence-corrected chi connectivity index (χ2v) is 33.1. The smallest absolute Gasteiger partial charge is 0.462 e. The molecular formula is C78H99N5O41S3. The number of nitro groups is 1. The number of alkyl carbamates (subject to hydrolysis) is 4. The van der Waals surface area contributed by atoms with Crippen LogP contribution < -0.4 is 26.0 Å². The molecule has 127 heavy (non-hydrogen) atoms. The van der Waals surface area contributed by atoms with Crippen molar-refractivity contribution in [2.24, 2.45) is 17.8 Å². The van der Waals surface area contributed by atoms with Crippen molar-refractivity contribution in [3.8, 4) is 18.1 Å². The molecule has 5 saturated heterocycles. The highest BCUT2D eigenvalue weighted by Gasteiger charge is 2.54. The van der Waals surface area contributed by atoms with Crippen LogP contribution in [0.15, 0.2) is 115 Å². The van der Waals surface area contributed by atoms with Crippen molar-refractivity contribution in [1.82, 2.24) is 21.3 Å². The van der Waals surface area contributed by atoms with Gasteiger partial charge in [0.2, 0.25) is 0 Å². The number of nitrogens with zero attached hydrogens (tertiary/aromatic N) is 1. The molecule has 4 aromatic rings. The summed E-state index contributed by atoms with van der Waals surface area (Å²) in [6.07, 6.45) is -15.3. The number of benzene rings is 4. The molecule has 0 saturated carbocycles. The number of nitro benzene ring substituents is 1. The first-order valence-corrected chi connectivity index (χ1v) is 43.5. The number of cyclic esters (lactones) is 4. The Morgan fingerprint density at radius 2 is 0.874 bits per heavy atom. The van der Waals surface area contributed by atoms with E-state index in [2.05, 4.69) is 27.2 Å². The molecule has 0 aromatic heterocycles. The Labute approximate surface area is 728 Å². The standard InChI is InChI=1S/C30H42N2O15S.C25H26N2O14S.C23H31NO12S/c1-3-10-39-12-14-41-16-17-42-15-13-40-11-9-31-28(33)47-27(24-20-44-30(35)45-24)26-21(2)23(18-25(46-26)48(36,37)38)32-29(34)43-19-22-7-5-4-6-8-22;1-14-18(26-23(28)36-12-15-5-3-2-4-6-15)11-20(42(33,34)35)40-21(14)22(19-13-37-24(29)39-19)41-25(30)38-17-9-7-16(8-10-17)27(31)32;1-13-18(24-23(28)33-11-17-8-6-5-7-9-17)10-20(37(29,30)31)36-21(13)22(35-16(4)27)19(34-15(3)26)12-32-14(2)25/h1,4-8,21,23-27H,9-20H2,2H3,(H,31,33)(H,32,34)(H,36,37,38);2-10,14,18-22H,11-13H2,1H3,(H,26,28)(H,33,34,35);5-9,13,18-22H,10-12H2,1-4H3,(H,24,28)(H,29,30,31)/t21-,23+,24-,25+,26-,27-;14-,18+,19-,20+,21-,22-;13-,18+,19-,20?,21-,22-/m111/s1. The predicted molar refractivity (Wildman–Crippen MR) is 427 cm³/mol. The van der Waals surface area contributed by atoms with Crippen LogP contribution in [0.1, 0.15) is 77.5 Å². The van der Waals surface area contributed by atoms with Crippen molar-refractivity contribution in [3.05, 3.63) is 142 Å². The third-order valence-electron chi connectivity index (χ3n) is 19.2. The number of esters is 3. The van der Waals surface area contributed by atoms with Gasteiger partial charge in [-0.3, -0.25) is 38.2 Å². The minimum absolute atomic E-state index is 0.0272. The maximum absolute atomic E-state index is 12.8. The van der Waals surface area contributed by atoms with Crippen LogP contribution in [0, 0.1) is 40.2 Å². The number of amides is 4. The molecule has 0 spiro atoms. The van der Waals surface area contributed by atoms with E-state index in [1.165, 1.54) is 0 Å². The molecule has 4 amide bonds. The minimum atomic E-state index is -4.84. The Morgan fingerprint density at radius 3 is 1.24 bits per heavy atom. The molecule has 5 heterocycles. The second-order valence-electron chi connectivity index (χ2n) is 28.4. The summed E-state index contributed by atoms with van der Waals surface area (Å²) < 4.78 is 207. The Kier molecular flexibility index (Phi) is 41.1. The lowest BCUT2D eigenvalue weighted by Gasteiger charge is -2.43. The molecule has 18 atom stereocenters. The fraction of sp³-hybridized carbons (Fsp3) is 0.538. The highest BCUT2D eigenvalue weighted by Crippen LogP contribution is 2.38. The zero-order chi connectivity index (χ0) is 93.0. The van der Waals surface area contributed by atoms with Crippen LogP contribution >= 0.6 is 0 Å². The molecular weight excluding hydrogens is 1760 g/mol. The second kappa shape index (κ2) is 50.8. The Morgan fingerprint density at radius 1 is 0.496 bits per heavy atom. The van der Waals surface area contributed by atoms with Crippen LogP contribution in [-0.4, -0.2) is 273 Å². The van der Waals surface area contributed by atoms with Gasteiger partial charge in [-0.2, -0.15) is 25.3 Å². The molecule has 0 bridgehead atoms. The average molecular weight is 1860 g/mol. The monoisotopic (exact) mass is 1860 g/mol. The number of nitrogens with one attached hydrogen (secondary N) is 4. The zero-order valence-electron chi connectivity index (χ0n) is 69.2. The predicted octanol–water partition coefficient (Wildman–Crippen LogP) is 5.55. The summed E-state index contributed by atoms with van der Waals surface area (Å²) in [6.45, 7) is 8.93. The maximum atomic E-state index is 12.8. The van der Waals surface area contributed by atoms with E-state index in [0.717, 1.165) is 56.2 Å². The number of hydrogen-bond donors (Lipinski definition) is 7. The maximum Gasteiger partial charge on any atom is 0.514 e. The number of carbonyl (C=O) groups excluding carboxylic acids is 10. The van der Waals surface area contributed by atoms with Crippen LogP contribution in [0.3, 0.4) is 0 Å². The number of terminal acetylenes is 1. The van der Waals surface area contributed by atoms with Crippen molar-refractivity contribution in [1.29, 1.82) is 0 Å². The van der Waals surface area contributed by atoms with Gasteiger partial charge in [-0.15, -0.1) is 6.42 Å². The Bertz CT molecular complexity index is 4670. The first-order valence-electron chi connectivity index (χ1n) is 39.0. The lowest BCUT2D eigenvalue weighted by Crippen LogP contribution is -2.59. The summed E-state index contributed by atoms with van der Waals surface area (Å²) in [4.78, 5) is 132. The van der Waals surface area contributed by atoms with Crippen LogP contribution in [0.5, 0.6) is 5.75 Å². The summed E-state index contributed by atoms with van der Waals surface area (Å²) in [5, 5.41) is 21.1. The van der Waals surface area contributed by atoms with Gasteiger partial charge in [-0.05, 0) is 28.8 Å². The van der Waals surface area contributed by atoms with Crippen molar-refractivity contribution >= 4 is 96.8 Å². The first kappa shape index (κ1) is 103. The molecule has 9 rings (SSSR count). The van der Waals surface area contributed by atoms with Gasteiger partial charge < -0.3 is 116 Å². The van der Waals surface area contributed by atoms with E-state index >= 15 is 0 Å². The summed E-state index contributed by atoms with van der Waals surface area (Å²) in [5.74, 6) is -2.43. The molecule has 700 valence electrons. The molecule has 5 aliphatic heterocycles. The summed E-state index contributed by atoms with van der Waals surface area (Å²) in [6, 6.07) is 28.1. The first-order chi connectivity index (χ1) is 60.3. The lowest BCUT2D eigenvalue weighted by molar-refractivity contribution is -0.384. The van der Waals surface area contributed by atoms with Crippen molar-refractivity contribution in [2.45, 2.75) is 170 Å². The van der Waals surface area contributed by atoms with Crippen LogP contribution in [0.25, 0.3) is 0 Å². The molecule has 0 aliphatic carbocycles. The topological polar surface area (TPSA) is 610 Å². The van der Waals surface area contributed by atoms with E-state index < -0.39 is 223 Å². The van der Waals surface area contributed by atoms with Gasteiger partial charge in [0.05, 0.1) is 51.2 Å². The molecule has 0 radical (unpaired) electrons. The van der Waals surface area contributed by atoms with Gasteiger partial charge in [-0.25, -0.2) is 33.6 Å². The van der Waals surface area contributed by atoms with Crippen LogP contribution in [0.2, 0.25) is 0 Å². The Balaban J connectivity index is 0.000000263. The number of ether oxygens (including phenoxy) is 20. The number of hydrogen-bond acceptors (Lipinski definition) is 38. The summed E-state index contributed by atoms with van der Waals surface area (Å²) >= 11 is 0. The van der Waals surface area contributed by atoms with E-state index in [1.54, 1.807) is 106 Å². The van der Waals surface area contributed by atoms with Crippen molar-refractivity contribution < 1.29 is 187 Å². The molecule has 46 nitrogen and oxygen atoms in total. The van der Waals surface area contributed by atoms with Gasteiger partial charge in [0.1, 0.15) is 70.3 Å². The molecule has 5 fully saturated rings. The zero-order valence-corrected chi connectivity index (χ0v) is 71.6. The van der Waals surface area contributed by atoms with Gasteiger partial charge in [0.15, 0.2) is 52.9 Å².